The average Bonchev–Trinajstić information content (AvgIpc) is 3.30. The molecule has 7 heteroatoms. The molecule has 2 aromatic heterocycles. The van der Waals surface area contributed by atoms with Gasteiger partial charge in [0.2, 0.25) is 5.55 Å². The van der Waals surface area contributed by atoms with Crippen LogP contribution in [0.1, 0.15) is 6.92 Å². The molecule has 164 valence electrons. The molecule has 0 unspecified atom stereocenters. The number of hydrogen-bond acceptors (Lipinski definition) is 5. The number of aromatic nitrogens is 1. The molecular formula is C26H18Cl2N2O2S. The first-order chi connectivity index (χ1) is 16.1. The van der Waals surface area contributed by atoms with Gasteiger partial charge in [0.1, 0.15) is 5.01 Å². The quantitative estimate of drug-likeness (QED) is 0.248. The number of halogens is 2. The van der Waals surface area contributed by atoms with E-state index in [1.165, 1.54) is 11.3 Å². The molecule has 0 aliphatic rings. The number of ether oxygens (including phenoxy) is 1. The van der Waals surface area contributed by atoms with Gasteiger partial charge in [0.05, 0.1) is 23.6 Å². The lowest BCUT2D eigenvalue weighted by atomic mass is 10.1. The molecule has 0 bridgehead atoms. The number of thiazole rings is 1. The van der Waals surface area contributed by atoms with E-state index in [-0.39, 0.29) is 0 Å². The number of fused-ring (bicyclic) bond motifs is 1. The molecule has 3 aromatic carbocycles. The predicted octanol–water partition coefficient (Wildman–Crippen LogP) is 8.16. The zero-order valence-corrected chi connectivity index (χ0v) is 19.9. The molecule has 0 aliphatic carbocycles. The van der Waals surface area contributed by atoms with Crippen molar-refractivity contribution >= 4 is 51.2 Å². The lowest BCUT2D eigenvalue weighted by Crippen LogP contribution is -2.06. The normalized spacial score (nSPS) is 11.8. The highest BCUT2D eigenvalue weighted by molar-refractivity contribution is 7.13. The van der Waals surface area contributed by atoms with Gasteiger partial charge in [0.25, 0.3) is 0 Å². The summed E-state index contributed by atoms with van der Waals surface area (Å²) in [6.45, 7) is 2.48. The smallest absolute Gasteiger partial charge is 0.230 e. The third kappa shape index (κ3) is 4.67. The Kier molecular flexibility index (Phi) is 6.18. The zero-order chi connectivity index (χ0) is 22.8. The van der Waals surface area contributed by atoms with E-state index in [0.717, 1.165) is 27.2 Å². The summed E-state index contributed by atoms with van der Waals surface area (Å²) in [4.78, 5) is 9.63. The van der Waals surface area contributed by atoms with Gasteiger partial charge in [-0.2, -0.15) is 0 Å². The summed E-state index contributed by atoms with van der Waals surface area (Å²) in [6, 6.07) is 22.8. The Morgan fingerprint density at radius 3 is 2.58 bits per heavy atom. The Morgan fingerprint density at radius 2 is 1.79 bits per heavy atom. The van der Waals surface area contributed by atoms with Crippen LogP contribution in [0.5, 0.6) is 5.75 Å². The van der Waals surface area contributed by atoms with Crippen LogP contribution in [0.3, 0.4) is 0 Å². The molecule has 0 saturated heterocycles. The van der Waals surface area contributed by atoms with Crippen molar-refractivity contribution in [3.05, 3.63) is 93.8 Å². The van der Waals surface area contributed by atoms with E-state index in [9.17, 15) is 0 Å². The lowest BCUT2D eigenvalue weighted by Gasteiger charge is -2.08. The van der Waals surface area contributed by atoms with Crippen molar-refractivity contribution in [1.82, 2.24) is 4.98 Å². The monoisotopic (exact) mass is 492 g/mol. The molecule has 33 heavy (non-hydrogen) atoms. The van der Waals surface area contributed by atoms with Crippen molar-refractivity contribution in [2.45, 2.75) is 6.92 Å². The highest BCUT2D eigenvalue weighted by Gasteiger charge is 2.14. The lowest BCUT2D eigenvalue weighted by molar-refractivity contribution is 0.337. The Hall–Kier alpha value is -3.12. The first-order valence-corrected chi connectivity index (χ1v) is 12.0. The molecule has 0 spiro atoms. The van der Waals surface area contributed by atoms with E-state index in [4.69, 9.17) is 42.3 Å². The van der Waals surface area contributed by atoms with Crippen LogP contribution < -0.4 is 10.3 Å². The van der Waals surface area contributed by atoms with Gasteiger partial charge in [0, 0.05) is 26.4 Å². The molecule has 4 nitrogen and oxygen atoms in total. The maximum absolute atomic E-state index is 6.32. The van der Waals surface area contributed by atoms with Gasteiger partial charge in [-0.15, -0.1) is 11.3 Å². The fourth-order valence-corrected chi connectivity index (χ4v) is 4.59. The summed E-state index contributed by atoms with van der Waals surface area (Å²) in [7, 11) is 0. The van der Waals surface area contributed by atoms with Gasteiger partial charge in [-0.05, 0) is 49.4 Å². The number of benzene rings is 3. The third-order valence-electron chi connectivity index (χ3n) is 4.95. The maximum Gasteiger partial charge on any atom is 0.230 e. The first-order valence-electron chi connectivity index (χ1n) is 10.3. The number of nitrogens with zero attached hydrogens (tertiary/aromatic N) is 2. The molecule has 0 N–H and O–H groups in total. The van der Waals surface area contributed by atoms with E-state index >= 15 is 0 Å². The van der Waals surface area contributed by atoms with E-state index in [1.807, 2.05) is 79.0 Å². The van der Waals surface area contributed by atoms with Gasteiger partial charge in [0.15, 0.2) is 11.3 Å². The van der Waals surface area contributed by atoms with Crippen LogP contribution in [0.15, 0.2) is 87.6 Å². The molecule has 2 heterocycles. The van der Waals surface area contributed by atoms with E-state index in [1.54, 1.807) is 6.07 Å². The van der Waals surface area contributed by atoms with Gasteiger partial charge < -0.3 is 9.15 Å². The Balaban J connectivity index is 1.71. The minimum absolute atomic E-state index is 0.439. The van der Waals surface area contributed by atoms with Crippen molar-refractivity contribution in [1.29, 1.82) is 0 Å². The highest BCUT2D eigenvalue weighted by Crippen LogP contribution is 2.32. The van der Waals surface area contributed by atoms with E-state index < -0.39 is 0 Å². The average molecular weight is 493 g/mol. The Bertz CT molecular complexity index is 1510. The SMILES string of the molecule is CCOc1cccc2cc(-c3nc(-c4ccc(Cl)cc4)cs3)c(=Nc3cccc(Cl)c3)oc12. The van der Waals surface area contributed by atoms with Crippen LogP contribution in [-0.2, 0) is 0 Å². The largest absolute Gasteiger partial charge is 0.490 e. The van der Waals surface area contributed by atoms with Gasteiger partial charge >= 0.3 is 0 Å². The fraction of sp³-hybridized carbons (Fsp3) is 0.0769. The van der Waals surface area contributed by atoms with Gasteiger partial charge in [-0.3, -0.25) is 0 Å². The van der Waals surface area contributed by atoms with Crippen LogP contribution in [0.25, 0.3) is 32.8 Å². The standard InChI is InChI=1S/C26H18Cl2N2O2S/c1-2-31-23-8-3-5-17-13-21(25(32-24(17)23)29-20-7-4-6-19(28)14-20)26-30-22(15-33-26)16-9-11-18(27)12-10-16/h3-15H,2H2,1H3. The molecule has 5 rings (SSSR count). The second-order valence-corrected chi connectivity index (χ2v) is 8.94. The molecule has 5 aromatic rings. The van der Waals surface area contributed by atoms with Crippen LogP contribution >= 0.6 is 34.5 Å². The minimum atomic E-state index is 0.439. The van der Waals surface area contributed by atoms with Crippen molar-refractivity contribution in [3.8, 4) is 27.6 Å². The molecule has 0 fully saturated rings. The number of hydrogen-bond donors (Lipinski definition) is 0. The topological polar surface area (TPSA) is 47.6 Å². The molecule has 0 aliphatic heterocycles. The second-order valence-electron chi connectivity index (χ2n) is 7.21. The highest BCUT2D eigenvalue weighted by atomic mass is 35.5. The second kappa shape index (κ2) is 9.40. The zero-order valence-electron chi connectivity index (χ0n) is 17.6. The number of para-hydroxylation sites is 1. The molecular weight excluding hydrogens is 475 g/mol. The molecule has 0 saturated carbocycles. The van der Waals surface area contributed by atoms with Crippen molar-refractivity contribution in [2.75, 3.05) is 6.61 Å². The van der Waals surface area contributed by atoms with Crippen LogP contribution in [0.2, 0.25) is 10.0 Å². The molecule has 0 atom stereocenters. The van der Waals surface area contributed by atoms with Gasteiger partial charge in [-0.1, -0.05) is 53.5 Å². The summed E-state index contributed by atoms with van der Waals surface area (Å²) in [6.07, 6.45) is 0. The van der Waals surface area contributed by atoms with E-state index in [2.05, 4.69) is 0 Å². The third-order valence-corrected chi connectivity index (χ3v) is 6.31. The molecule has 0 amide bonds. The van der Waals surface area contributed by atoms with E-state index in [0.29, 0.717) is 39.2 Å². The Morgan fingerprint density at radius 1 is 0.970 bits per heavy atom. The van der Waals surface area contributed by atoms with Crippen LogP contribution in [0.4, 0.5) is 5.69 Å². The number of rotatable bonds is 5. The summed E-state index contributed by atoms with van der Waals surface area (Å²) in [5.74, 6) is 0.671. The molecule has 0 radical (unpaired) electrons. The first kappa shape index (κ1) is 21.7. The summed E-state index contributed by atoms with van der Waals surface area (Å²) < 4.78 is 12.1. The van der Waals surface area contributed by atoms with Crippen molar-refractivity contribution in [2.24, 2.45) is 4.99 Å². The maximum atomic E-state index is 6.32. The van der Waals surface area contributed by atoms with Crippen LogP contribution in [0, 0.1) is 0 Å². The van der Waals surface area contributed by atoms with Crippen molar-refractivity contribution in [3.63, 3.8) is 0 Å². The Labute approximate surface area is 204 Å². The van der Waals surface area contributed by atoms with Gasteiger partial charge in [-0.25, -0.2) is 9.98 Å². The predicted molar refractivity (Wildman–Crippen MR) is 136 cm³/mol. The fourth-order valence-electron chi connectivity index (χ4n) is 3.44. The summed E-state index contributed by atoms with van der Waals surface area (Å²) >= 11 is 13.8. The van der Waals surface area contributed by atoms with Crippen LogP contribution in [-0.4, -0.2) is 11.6 Å². The minimum Gasteiger partial charge on any atom is -0.490 e. The summed E-state index contributed by atoms with van der Waals surface area (Å²) in [5, 5.41) is 5.02. The van der Waals surface area contributed by atoms with Crippen molar-refractivity contribution < 1.29 is 9.15 Å². The summed E-state index contributed by atoms with van der Waals surface area (Å²) in [5.41, 5.74) is 4.42.